The number of hydrogen-bond acceptors (Lipinski definition) is 4. The van der Waals surface area contributed by atoms with E-state index in [2.05, 4.69) is 96.1 Å². The van der Waals surface area contributed by atoms with Gasteiger partial charge < -0.3 is 4.57 Å². The molecule has 0 saturated heterocycles. The summed E-state index contributed by atoms with van der Waals surface area (Å²) >= 11 is 1.64. The summed E-state index contributed by atoms with van der Waals surface area (Å²) < 4.78 is 53.3. The van der Waals surface area contributed by atoms with E-state index >= 15 is 13.2 Å². The number of rotatable bonds is 4. The molecule has 0 unspecified atom stereocenters. The third-order valence-electron chi connectivity index (χ3n) is 12.3. The van der Waals surface area contributed by atoms with Gasteiger partial charge in [0.15, 0.2) is 11.6 Å². The van der Waals surface area contributed by atoms with Crippen LogP contribution in [-0.2, 0) is 17.0 Å². The van der Waals surface area contributed by atoms with Crippen molar-refractivity contribution in [1.82, 2.24) is 24.1 Å². The third kappa shape index (κ3) is 6.31. The average Bonchev–Trinajstić information content (AvgIpc) is 3.92. The van der Waals surface area contributed by atoms with Gasteiger partial charge in [0.1, 0.15) is 0 Å². The number of hydrogen-bond donors (Lipinski definition) is 0. The summed E-state index contributed by atoms with van der Waals surface area (Å²) in [5.41, 5.74) is 5.59. The van der Waals surface area contributed by atoms with Crippen molar-refractivity contribution in [3.63, 3.8) is 0 Å². The predicted octanol–water partition coefficient (Wildman–Crippen LogP) is 15.4. The van der Waals surface area contributed by atoms with E-state index < -0.39 is 11.7 Å². The number of benzene rings is 7. The van der Waals surface area contributed by atoms with Crippen LogP contribution in [0.1, 0.15) is 58.2 Å². The van der Waals surface area contributed by atoms with Crippen molar-refractivity contribution >= 4 is 75.1 Å². The van der Waals surface area contributed by atoms with E-state index in [-0.39, 0.29) is 27.9 Å². The Labute approximate surface area is 366 Å². The number of aromatic nitrogens is 5. The van der Waals surface area contributed by atoms with Crippen molar-refractivity contribution in [2.45, 2.75) is 58.5 Å². The number of nitrogens with zero attached hydrogens (tertiary/aromatic N) is 5. The lowest BCUT2D eigenvalue weighted by molar-refractivity contribution is -0.137. The molecular weight excluding hydrogens is 808 g/mol. The molecule has 5 nitrogen and oxygen atoms in total. The molecule has 4 aromatic heterocycles. The first-order valence-corrected chi connectivity index (χ1v) is 21.9. The molecular formula is C54H42F3N5S. The Balaban J connectivity index is 1.18. The summed E-state index contributed by atoms with van der Waals surface area (Å²) in [5.74, 6) is 0.810. The van der Waals surface area contributed by atoms with Gasteiger partial charge in [0.25, 0.3) is 0 Å². The van der Waals surface area contributed by atoms with Crippen LogP contribution in [0.15, 0.2) is 146 Å². The molecule has 7 aromatic carbocycles. The summed E-state index contributed by atoms with van der Waals surface area (Å²) in [5, 5.41) is 5.82. The predicted molar refractivity (Wildman–Crippen MR) is 255 cm³/mol. The molecule has 63 heavy (non-hydrogen) atoms. The highest BCUT2D eigenvalue weighted by molar-refractivity contribution is 7.26. The first-order valence-electron chi connectivity index (χ1n) is 21.1. The van der Waals surface area contributed by atoms with Crippen LogP contribution in [0.5, 0.6) is 0 Å². The normalized spacial score (nSPS) is 12.8. The second kappa shape index (κ2) is 13.8. The molecule has 0 amide bonds. The van der Waals surface area contributed by atoms with Gasteiger partial charge >= 0.3 is 6.18 Å². The van der Waals surface area contributed by atoms with Gasteiger partial charge in [0, 0.05) is 52.8 Å². The molecule has 0 N–H and O–H groups in total. The molecule has 0 aliphatic rings. The van der Waals surface area contributed by atoms with Gasteiger partial charge in [-0.25, -0.2) is 4.98 Å². The van der Waals surface area contributed by atoms with Crippen molar-refractivity contribution in [1.29, 1.82) is 0 Å². The summed E-state index contributed by atoms with van der Waals surface area (Å²) in [6.07, 6.45) is -4.73. The molecule has 0 saturated carbocycles. The van der Waals surface area contributed by atoms with Crippen LogP contribution >= 0.6 is 11.3 Å². The van der Waals surface area contributed by atoms with Gasteiger partial charge in [-0.2, -0.15) is 23.1 Å². The van der Waals surface area contributed by atoms with Crippen LogP contribution in [0.3, 0.4) is 0 Å². The molecule has 0 aliphatic carbocycles. The minimum Gasteiger partial charge on any atom is -0.308 e. The van der Waals surface area contributed by atoms with Gasteiger partial charge in [-0.05, 0) is 82.6 Å². The zero-order valence-electron chi connectivity index (χ0n) is 35.6. The van der Waals surface area contributed by atoms with Crippen LogP contribution < -0.4 is 0 Å². The van der Waals surface area contributed by atoms with E-state index in [1.807, 2.05) is 77.4 Å². The molecule has 310 valence electrons. The number of alkyl halides is 3. The Morgan fingerprint density at radius 2 is 1.05 bits per heavy atom. The quantitative estimate of drug-likeness (QED) is 0.177. The molecule has 0 bridgehead atoms. The Kier molecular flexibility index (Phi) is 8.57. The standard InChI is InChI=1S/C54H42F3N5S/c1-52(2,3)33-21-25-42-38(29-33)39-30-34(53(4,5)6)22-26-43(39)62(42)51-59-49(31-14-8-7-9-15-31)58-50(60-51)32-20-24-44(40(28-32)54(55,56)57)61-41-18-12-10-16-35(41)36-23-27-46-47(48(36)61)37-17-11-13-19-45(37)63-46/h7-30H,1-6H3. The van der Waals surface area contributed by atoms with E-state index in [1.165, 1.54) is 17.2 Å². The molecule has 11 aromatic rings. The summed E-state index contributed by atoms with van der Waals surface area (Å²) in [4.78, 5) is 15.1. The van der Waals surface area contributed by atoms with Gasteiger partial charge in [0.2, 0.25) is 5.95 Å². The van der Waals surface area contributed by atoms with Crippen molar-refractivity contribution in [2.75, 3.05) is 0 Å². The molecule has 9 heteroatoms. The monoisotopic (exact) mass is 849 g/mol. The minimum absolute atomic E-state index is 0.0319. The fourth-order valence-electron chi connectivity index (χ4n) is 9.09. The Bertz CT molecular complexity index is 3570. The maximum atomic E-state index is 15.8. The van der Waals surface area contributed by atoms with Crippen molar-refractivity contribution in [3.8, 4) is 34.4 Å². The lowest BCUT2D eigenvalue weighted by Crippen LogP contribution is -2.12. The van der Waals surface area contributed by atoms with Gasteiger partial charge in [-0.3, -0.25) is 4.57 Å². The second-order valence-corrected chi connectivity index (χ2v) is 19.5. The number of halogens is 3. The molecule has 0 aliphatic heterocycles. The summed E-state index contributed by atoms with van der Waals surface area (Å²) in [6, 6.07) is 46.9. The Morgan fingerprint density at radius 3 is 1.70 bits per heavy atom. The summed E-state index contributed by atoms with van der Waals surface area (Å²) in [7, 11) is 0. The minimum atomic E-state index is -4.73. The van der Waals surface area contributed by atoms with E-state index in [9.17, 15) is 0 Å². The highest BCUT2D eigenvalue weighted by Gasteiger charge is 2.36. The third-order valence-corrected chi connectivity index (χ3v) is 13.5. The fourth-order valence-corrected chi connectivity index (χ4v) is 10.2. The topological polar surface area (TPSA) is 48.5 Å². The van der Waals surface area contributed by atoms with Crippen LogP contribution in [0, 0.1) is 0 Å². The fraction of sp³-hybridized carbons (Fsp3) is 0.167. The van der Waals surface area contributed by atoms with Crippen LogP contribution in [0.25, 0.3) is 98.2 Å². The lowest BCUT2D eigenvalue weighted by atomic mass is 9.85. The number of thiophene rings is 1. The number of fused-ring (bicyclic) bond motifs is 10. The van der Waals surface area contributed by atoms with Crippen molar-refractivity contribution in [2.24, 2.45) is 0 Å². The maximum absolute atomic E-state index is 15.8. The van der Waals surface area contributed by atoms with Crippen molar-refractivity contribution < 1.29 is 13.2 Å². The van der Waals surface area contributed by atoms with E-state index in [1.54, 1.807) is 28.0 Å². The Hall–Kier alpha value is -6.84. The van der Waals surface area contributed by atoms with Crippen LogP contribution in [0.4, 0.5) is 13.2 Å². The van der Waals surface area contributed by atoms with Gasteiger partial charge in [0.05, 0.1) is 33.3 Å². The number of para-hydroxylation sites is 1. The molecule has 4 heterocycles. The zero-order valence-corrected chi connectivity index (χ0v) is 36.5. The summed E-state index contributed by atoms with van der Waals surface area (Å²) in [6.45, 7) is 13.2. The van der Waals surface area contributed by atoms with E-state index in [4.69, 9.17) is 15.0 Å². The first kappa shape index (κ1) is 39.0. The first-order chi connectivity index (χ1) is 30.1. The van der Waals surface area contributed by atoms with Crippen molar-refractivity contribution in [3.05, 3.63) is 162 Å². The second-order valence-electron chi connectivity index (χ2n) is 18.5. The SMILES string of the molecule is CC(C)(C)c1ccc2c(c1)c1cc(C(C)(C)C)ccc1n2-c1nc(-c2ccccc2)nc(-c2ccc(-n3c4ccccc4c4ccc5sc6ccccc6c5c43)c(C(F)(F)F)c2)n1. The Morgan fingerprint density at radius 1 is 0.460 bits per heavy atom. The molecule has 0 fully saturated rings. The van der Waals surface area contributed by atoms with E-state index in [0.29, 0.717) is 17.3 Å². The van der Waals surface area contributed by atoms with Gasteiger partial charge in [-0.1, -0.05) is 126 Å². The lowest BCUT2D eigenvalue weighted by Gasteiger charge is -2.19. The highest BCUT2D eigenvalue weighted by Crippen LogP contribution is 2.46. The highest BCUT2D eigenvalue weighted by atomic mass is 32.1. The largest absolute Gasteiger partial charge is 0.418 e. The van der Waals surface area contributed by atoms with Gasteiger partial charge in [-0.15, -0.1) is 11.3 Å². The van der Waals surface area contributed by atoms with E-state index in [0.717, 1.165) is 63.8 Å². The molecule has 0 atom stereocenters. The van der Waals surface area contributed by atoms with Crippen LogP contribution in [0.2, 0.25) is 0 Å². The zero-order chi connectivity index (χ0) is 43.6. The van der Waals surface area contributed by atoms with Crippen LogP contribution in [-0.4, -0.2) is 24.1 Å². The maximum Gasteiger partial charge on any atom is 0.418 e. The molecule has 0 radical (unpaired) electrons. The smallest absolute Gasteiger partial charge is 0.308 e. The molecule has 11 rings (SSSR count). The molecule has 0 spiro atoms. The average molecular weight is 850 g/mol.